The van der Waals surface area contributed by atoms with Crippen LogP contribution in [0.2, 0.25) is 0 Å². The van der Waals surface area contributed by atoms with Crippen LogP contribution in [0.5, 0.6) is 0 Å². The average molecular weight is 236 g/mol. The van der Waals surface area contributed by atoms with Gasteiger partial charge in [-0.25, -0.2) is 4.79 Å². The zero-order chi connectivity index (χ0) is 12.9. The summed E-state index contributed by atoms with van der Waals surface area (Å²) in [4.78, 5) is 11.5. The summed E-state index contributed by atoms with van der Waals surface area (Å²) in [7, 11) is 0. The topological polar surface area (TPSA) is 64.3 Å². The van der Waals surface area contributed by atoms with Crippen molar-refractivity contribution in [1.82, 2.24) is 5.32 Å². The Labute approximate surface area is 102 Å². The van der Waals surface area contributed by atoms with E-state index in [1.807, 2.05) is 45.0 Å². The molecule has 1 aromatic carbocycles. The molecule has 0 heterocycles. The number of amides is 1. The molecular weight excluding hydrogens is 216 g/mol. The average Bonchev–Trinajstić information content (AvgIpc) is 2.26. The number of hydrogen-bond donors (Lipinski definition) is 2. The zero-order valence-electron chi connectivity index (χ0n) is 10.6. The number of carbonyl (C=O) groups is 1. The summed E-state index contributed by atoms with van der Waals surface area (Å²) in [6.45, 7) is 6.21. The fourth-order valence-electron chi connectivity index (χ4n) is 1.49. The van der Waals surface area contributed by atoms with Gasteiger partial charge in [-0.05, 0) is 38.0 Å². The fourth-order valence-corrected chi connectivity index (χ4v) is 1.49. The van der Waals surface area contributed by atoms with Gasteiger partial charge < -0.3 is 15.8 Å². The van der Waals surface area contributed by atoms with Crippen molar-refractivity contribution >= 4 is 11.8 Å². The van der Waals surface area contributed by atoms with Gasteiger partial charge in [0.05, 0.1) is 12.1 Å². The third-order valence-electron chi connectivity index (χ3n) is 2.46. The van der Waals surface area contributed by atoms with Gasteiger partial charge in [-0.3, -0.25) is 0 Å². The van der Waals surface area contributed by atoms with Gasteiger partial charge in [0.25, 0.3) is 0 Å². The number of ether oxygens (including phenoxy) is 1. The highest BCUT2D eigenvalue weighted by atomic mass is 16.5. The van der Waals surface area contributed by atoms with Crippen LogP contribution in [0.4, 0.5) is 10.5 Å². The Balaban J connectivity index is 2.71. The van der Waals surface area contributed by atoms with Crippen LogP contribution in [0.15, 0.2) is 24.3 Å². The molecule has 0 aliphatic carbocycles. The molecule has 17 heavy (non-hydrogen) atoms. The standard InChI is InChI=1S/C13H20N2O2/c1-4-8-17-12(16)15-13(2,3)10-6-5-7-11(14)9-10/h5-7,9H,4,8,14H2,1-3H3,(H,15,16). The Morgan fingerprint density at radius 2 is 2.18 bits per heavy atom. The van der Waals surface area contributed by atoms with E-state index in [-0.39, 0.29) is 0 Å². The number of benzene rings is 1. The van der Waals surface area contributed by atoms with E-state index < -0.39 is 11.6 Å². The third-order valence-corrected chi connectivity index (χ3v) is 2.46. The molecule has 94 valence electrons. The molecule has 0 fully saturated rings. The van der Waals surface area contributed by atoms with Gasteiger partial charge in [0.15, 0.2) is 0 Å². The van der Waals surface area contributed by atoms with Crippen molar-refractivity contribution in [3.63, 3.8) is 0 Å². The predicted octanol–water partition coefficient (Wildman–Crippen LogP) is 2.64. The maximum atomic E-state index is 11.5. The number of hydrogen-bond acceptors (Lipinski definition) is 3. The third kappa shape index (κ3) is 3.98. The van der Waals surface area contributed by atoms with Crippen LogP contribution in [0.25, 0.3) is 0 Å². The Morgan fingerprint density at radius 3 is 2.76 bits per heavy atom. The van der Waals surface area contributed by atoms with Crippen LogP contribution in [0.1, 0.15) is 32.8 Å². The molecule has 4 heteroatoms. The van der Waals surface area contributed by atoms with Gasteiger partial charge >= 0.3 is 6.09 Å². The highest BCUT2D eigenvalue weighted by molar-refractivity contribution is 5.68. The quantitative estimate of drug-likeness (QED) is 0.790. The molecule has 1 aromatic rings. The van der Waals surface area contributed by atoms with E-state index in [0.717, 1.165) is 12.0 Å². The van der Waals surface area contributed by atoms with Crippen molar-refractivity contribution in [2.24, 2.45) is 0 Å². The van der Waals surface area contributed by atoms with E-state index in [1.165, 1.54) is 0 Å². The summed E-state index contributed by atoms with van der Waals surface area (Å²) in [6.07, 6.45) is 0.408. The summed E-state index contributed by atoms with van der Waals surface area (Å²) in [5, 5.41) is 2.82. The molecule has 1 amide bonds. The summed E-state index contributed by atoms with van der Waals surface area (Å²) in [5.41, 5.74) is 6.85. The molecule has 0 aromatic heterocycles. The first-order valence-electron chi connectivity index (χ1n) is 5.76. The first-order valence-corrected chi connectivity index (χ1v) is 5.76. The largest absolute Gasteiger partial charge is 0.450 e. The minimum Gasteiger partial charge on any atom is -0.450 e. The molecule has 0 saturated heterocycles. The lowest BCUT2D eigenvalue weighted by Crippen LogP contribution is -2.41. The number of alkyl carbamates (subject to hydrolysis) is 1. The second-order valence-electron chi connectivity index (χ2n) is 4.51. The zero-order valence-corrected chi connectivity index (χ0v) is 10.6. The summed E-state index contributed by atoms with van der Waals surface area (Å²) in [5.74, 6) is 0. The van der Waals surface area contributed by atoms with Crippen molar-refractivity contribution in [2.75, 3.05) is 12.3 Å². The first kappa shape index (κ1) is 13.4. The Morgan fingerprint density at radius 1 is 1.47 bits per heavy atom. The van der Waals surface area contributed by atoms with E-state index >= 15 is 0 Å². The molecule has 0 spiro atoms. The second kappa shape index (κ2) is 5.57. The number of carbonyl (C=O) groups excluding carboxylic acids is 1. The maximum Gasteiger partial charge on any atom is 0.407 e. The molecule has 3 N–H and O–H groups in total. The second-order valence-corrected chi connectivity index (χ2v) is 4.51. The van der Waals surface area contributed by atoms with Gasteiger partial charge in [-0.1, -0.05) is 19.1 Å². The highest BCUT2D eigenvalue weighted by Crippen LogP contribution is 2.21. The van der Waals surface area contributed by atoms with Crippen LogP contribution in [0.3, 0.4) is 0 Å². The fraction of sp³-hybridized carbons (Fsp3) is 0.462. The van der Waals surface area contributed by atoms with Gasteiger partial charge in [-0.15, -0.1) is 0 Å². The van der Waals surface area contributed by atoms with E-state index in [0.29, 0.717) is 12.3 Å². The molecule has 0 unspecified atom stereocenters. The highest BCUT2D eigenvalue weighted by Gasteiger charge is 2.23. The number of nitrogens with two attached hydrogens (primary N) is 1. The molecular formula is C13H20N2O2. The molecule has 0 atom stereocenters. The van der Waals surface area contributed by atoms with Crippen LogP contribution < -0.4 is 11.1 Å². The van der Waals surface area contributed by atoms with Gasteiger partial charge in [-0.2, -0.15) is 0 Å². The molecule has 0 saturated carbocycles. The van der Waals surface area contributed by atoms with Gasteiger partial charge in [0.1, 0.15) is 0 Å². The maximum absolute atomic E-state index is 11.5. The predicted molar refractivity (Wildman–Crippen MR) is 68.7 cm³/mol. The van der Waals surface area contributed by atoms with E-state index in [9.17, 15) is 4.79 Å². The number of anilines is 1. The minimum absolute atomic E-state index is 0.403. The van der Waals surface area contributed by atoms with Crippen molar-refractivity contribution in [2.45, 2.75) is 32.7 Å². The lowest BCUT2D eigenvalue weighted by atomic mass is 9.94. The van der Waals surface area contributed by atoms with E-state index in [1.54, 1.807) is 0 Å². The van der Waals surface area contributed by atoms with Crippen molar-refractivity contribution in [1.29, 1.82) is 0 Å². The lowest BCUT2D eigenvalue weighted by molar-refractivity contribution is 0.136. The molecule has 0 radical (unpaired) electrons. The molecule has 0 aliphatic heterocycles. The number of nitrogens with one attached hydrogen (secondary N) is 1. The lowest BCUT2D eigenvalue weighted by Gasteiger charge is -2.26. The van der Waals surface area contributed by atoms with Crippen LogP contribution in [-0.4, -0.2) is 12.7 Å². The minimum atomic E-state index is -0.500. The van der Waals surface area contributed by atoms with Crippen LogP contribution >= 0.6 is 0 Å². The van der Waals surface area contributed by atoms with E-state index in [2.05, 4.69) is 5.32 Å². The van der Waals surface area contributed by atoms with Crippen molar-refractivity contribution in [3.8, 4) is 0 Å². The number of rotatable bonds is 4. The molecule has 0 aliphatic rings. The molecule has 4 nitrogen and oxygen atoms in total. The number of nitrogen functional groups attached to an aromatic ring is 1. The monoisotopic (exact) mass is 236 g/mol. The smallest absolute Gasteiger partial charge is 0.407 e. The van der Waals surface area contributed by atoms with Gasteiger partial charge in [0, 0.05) is 5.69 Å². The van der Waals surface area contributed by atoms with Crippen LogP contribution in [0, 0.1) is 0 Å². The summed E-state index contributed by atoms with van der Waals surface area (Å²) >= 11 is 0. The summed E-state index contributed by atoms with van der Waals surface area (Å²) in [6, 6.07) is 7.46. The van der Waals surface area contributed by atoms with E-state index in [4.69, 9.17) is 10.5 Å². The Bertz CT molecular complexity index is 389. The Hall–Kier alpha value is -1.71. The van der Waals surface area contributed by atoms with Crippen LogP contribution in [-0.2, 0) is 10.3 Å². The first-order chi connectivity index (χ1) is 7.95. The van der Waals surface area contributed by atoms with Crippen molar-refractivity contribution < 1.29 is 9.53 Å². The molecule has 1 rings (SSSR count). The summed E-state index contributed by atoms with van der Waals surface area (Å²) < 4.78 is 5.00. The van der Waals surface area contributed by atoms with Gasteiger partial charge in [0.2, 0.25) is 0 Å². The Kier molecular flexibility index (Phi) is 4.37. The SMILES string of the molecule is CCCOC(=O)NC(C)(C)c1cccc(N)c1. The normalized spacial score (nSPS) is 11.0. The van der Waals surface area contributed by atoms with Crippen molar-refractivity contribution in [3.05, 3.63) is 29.8 Å². The molecule has 0 bridgehead atoms.